The molecule has 0 radical (unpaired) electrons. The molecular formula is C81H154O17P2. The number of aliphatic hydroxyl groups is 1. The lowest BCUT2D eigenvalue weighted by Gasteiger charge is -2.21. The fourth-order valence-corrected chi connectivity index (χ4v) is 13.7. The number of unbranched alkanes of at least 4 members (excludes halogenated alkanes) is 51. The molecule has 100 heavy (non-hydrogen) atoms. The molecule has 0 spiro atoms. The van der Waals surface area contributed by atoms with Gasteiger partial charge >= 0.3 is 39.5 Å². The third-order valence-corrected chi connectivity index (χ3v) is 20.4. The summed E-state index contributed by atoms with van der Waals surface area (Å²) in [6, 6.07) is 0. The minimum absolute atomic E-state index is 0.102. The molecule has 3 N–H and O–H groups in total. The van der Waals surface area contributed by atoms with Crippen molar-refractivity contribution in [2.24, 2.45) is 0 Å². The maximum Gasteiger partial charge on any atom is 0.472 e. The summed E-state index contributed by atoms with van der Waals surface area (Å²) in [6.07, 6.45) is 70.0. The molecule has 0 aliphatic heterocycles. The summed E-state index contributed by atoms with van der Waals surface area (Å²) in [5, 5.41) is 10.6. The zero-order valence-corrected chi connectivity index (χ0v) is 66.5. The van der Waals surface area contributed by atoms with Gasteiger partial charge in [-0.05, 0) is 51.4 Å². The zero-order chi connectivity index (χ0) is 73.2. The maximum atomic E-state index is 13.1. The second kappa shape index (κ2) is 74.8. The molecule has 0 saturated carbocycles. The van der Waals surface area contributed by atoms with Gasteiger partial charge in [0.25, 0.3) is 0 Å². The third-order valence-electron chi connectivity index (χ3n) is 18.5. The lowest BCUT2D eigenvalue weighted by Crippen LogP contribution is -2.30. The molecular weight excluding hydrogens is 1310 g/mol. The van der Waals surface area contributed by atoms with E-state index in [2.05, 4.69) is 52.0 Å². The van der Waals surface area contributed by atoms with Crippen molar-refractivity contribution in [1.29, 1.82) is 0 Å². The van der Waals surface area contributed by atoms with Crippen LogP contribution < -0.4 is 0 Å². The predicted octanol–water partition coefficient (Wildman–Crippen LogP) is 24.1. The minimum atomic E-state index is -4.97. The van der Waals surface area contributed by atoms with Crippen LogP contribution in [-0.2, 0) is 65.4 Å². The summed E-state index contributed by atoms with van der Waals surface area (Å²) < 4.78 is 68.7. The third kappa shape index (κ3) is 73.8. The Kier molecular flexibility index (Phi) is 73.0. The van der Waals surface area contributed by atoms with Crippen LogP contribution in [0.3, 0.4) is 0 Å². The van der Waals surface area contributed by atoms with Gasteiger partial charge in [0.15, 0.2) is 12.2 Å². The standard InChI is InChI=1S/C81H154O17P2/c1-5-9-13-17-21-25-29-33-35-36-37-38-40-44-48-52-56-60-64-68-81(86)98-77(72-92-79(84)66-62-58-54-50-46-43-39-34-30-26-22-18-14-10-6-2)74-96-100(89,90)94-70-75(82)69-93-99(87,88)95-73-76(97-80(85)67-63-59-55-51-47-42-32-28-24-20-16-12-8-4)71-91-78(83)65-61-57-53-49-45-41-31-27-23-19-15-11-7-3/h26,30,34,39,75-77,82H,5-25,27-29,31-33,35-38,40-74H2,1-4H3,(H,87,88)(H,89,90)/b30-26-,39-34-/t75-,76+,77+/m0/s1. The molecule has 0 aromatic rings. The largest absolute Gasteiger partial charge is 0.472 e. The lowest BCUT2D eigenvalue weighted by molar-refractivity contribution is -0.161. The molecule has 0 aromatic heterocycles. The van der Waals surface area contributed by atoms with Crippen molar-refractivity contribution in [3.05, 3.63) is 24.3 Å². The van der Waals surface area contributed by atoms with Crippen LogP contribution in [0.1, 0.15) is 413 Å². The van der Waals surface area contributed by atoms with Gasteiger partial charge in [0.05, 0.1) is 26.4 Å². The average Bonchev–Trinajstić information content (AvgIpc) is 0.946. The SMILES string of the molecule is CCCCCC/C=C\C=C/CCCCCCCC(=O)OC[C@H](COP(=O)(O)OC[C@@H](O)COP(=O)(O)OC[C@@H](COC(=O)CCCCCCCCCCCCCCC)OC(=O)CCCCCCCCCCCCCCC)OC(=O)CCCCCCCCCCCCCCCCCCCCC. The summed E-state index contributed by atoms with van der Waals surface area (Å²) in [6.45, 7) is 4.96. The molecule has 0 saturated heterocycles. The topological polar surface area (TPSA) is 237 Å². The van der Waals surface area contributed by atoms with E-state index in [0.29, 0.717) is 25.7 Å². The number of hydrogen-bond acceptors (Lipinski definition) is 15. The van der Waals surface area contributed by atoms with E-state index in [4.69, 9.17) is 37.0 Å². The highest BCUT2D eigenvalue weighted by Gasteiger charge is 2.30. The van der Waals surface area contributed by atoms with E-state index < -0.39 is 97.5 Å². The number of carbonyl (C=O) groups excluding carboxylic acids is 4. The number of phosphoric acid groups is 2. The number of allylic oxidation sites excluding steroid dienone is 4. The van der Waals surface area contributed by atoms with Crippen molar-refractivity contribution in [2.45, 2.75) is 431 Å². The average molecular weight is 1460 g/mol. The Labute approximate surface area is 612 Å². The quantitative estimate of drug-likeness (QED) is 0.0169. The monoisotopic (exact) mass is 1460 g/mol. The van der Waals surface area contributed by atoms with E-state index in [1.165, 1.54) is 225 Å². The molecule has 2 unspecified atom stereocenters. The van der Waals surface area contributed by atoms with Crippen LogP contribution in [0.2, 0.25) is 0 Å². The number of hydrogen-bond donors (Lipinski definition) is 3. The van der Waals surface area contributed by atoms with Gasteiger partial charge < -0.3 is 33.8 Å². The van der Waals surface area contributed by atoms with E-state index in [9.17, 15) is 43.2 Å². The van der Waals surface area contributed by atoms with Crippen molar-refractivity contribution in [2.75, 3.05) is 39.6 Å². The fourth-order valence-electron chi connectivity index (χ4n) is 12.1. The van der Waals surface area contributed by atoms with E-state index in [0.717, 1.165) is 109 Å². The molecule has 5 atom stereocenters. The van der Waals surface area contributed by atoms with E-state index in [1.54, 1.807) is 0 Å². The van der Waals surface area contributed by atoms with Crippen LogP contribution in [-0.4, -0.2) is 96.7 Å². The second-order valence-corrected chi connectivity index (χ2v) is 31.4. The summed E-state index contributed by atoms with van der Waals surface area (Å²) >= 11 is 0. The Morgan fingerprint density at radius 3 is 0.730 bits per heavy atom. The number of phosphoric ester groups is 2. The summed E-state index contributed by atoms with van der Waals surface area (Å²) in [7, 11) is -9.93. The molecule has 17 nitrogen and oxygen atoms in total. The van der Waals surface area contributed by atoms with Crippen molar-refractivity contribution in [3.8, 4) is 0 Å². The molecule has 590 valence electrons. The second-order valence-electron chi connectivity index (χ2n) is 28.5. The van der Waals surface area contributed by atoms with Gasteiger partial charge in [-0.15, -0.1) is 0 Å². The van der Waals surface area contributed by atoms with Crippen molar-refractivity contribution < 1.29 is 80.2 Å². The predicted molar refractivity (Wildman–Crippen MR) is 409 cm³/mol. The van der Waals surface area contributed by atoms with Crippen molar-refractivity contribution >= 4 is 39.5 Å². The van der Waals surface area contributed by atoms with E-state index >= 15 is 0 Å². The minimum Gasteiger partial charge on any atom is -0.462 e. The first-order valence-corrected chi connectivity index (χ1v) is 44.6. The summed E-state index contributed by atoms with van der Waals surface area (Å²) in [5.74, 6) is -2.13. The Bertz CT molecular complexity index is 1990. The highest BCUT2D eigenvalue weighted by molar-refractivity contribution is 7.47. The smallest absolute Gasteiger partial charge is 0.462 e. The summed E-state index contributed by atoms with van der Waals surface area (Å²) in [5.41, 5.74) is 0. The van der Waals surface area contributed by atoms with Crippen LogP contribution in [0.25, 0.3) is 0 Å². The Balaban J connectivity index is 5.28. The molecule has 0 fully saturated rings. The van der Waals surface area contributed by atoms with E-state index in [-0.39, 0.29) is 25.7 Å². The van der Waals surface area contributed by atoms with Crippen molar-refractivity contribution in [3.63, 3.8) is 0 Å². The molecule has 0 aromatic carbocycles. The van der Waals surface area contributed by atoms with Crippen LogP contribution >= 0.6 is 15.6 Å². The van der Waals surface area contributed by atoms with Crippen molar-refractivity contribution in [1.82, 2.24) is 0 Å². The Hall–Kier alpha value is -2.46. The van der Waals surface area contributed by atoms with Gasteiger partial charge in [0.2, 0.25) is 0 Å². The molecule has 0 aliphatic carbocycles. The van der Waals surface area contributed by atoms with Gasteiger partial charge in [-0.3, -0.25) is 37.3 Å². The molecule has 0 amide bonds. The first-order chi connectivity index (χ1) is 48.7. The van der Waals surface area contributed by atoms with Gasteiger partial charge in [0.1, 0.15) is 19.3 Å². The van der Waals surface area contributed by atoms with Crippen LogP contribution in [0.5, 0.6) is 0 Å². The molecule has 0 rings (SSSR count). The summed E-state index contributed by atoms with van der Waals surface area (Å²) in [4.78, 5) is 73.0. The van der Waals surface area contributed by atoms with Crippen LogP contribution in [0, 0.1) is 0 Å². The number of aliphatic hydroxyl groups excluding tert-OH is 1. The highest BCUT2D eigenvalue weighted by atomic mass is 31.2. The Morgan fingerprint density at radius 1 is 0.280 bits per heavy atom. The van der Waals surface area contributed by atoms with Gasteiger partial charge in [-0.2, -0.15) is 0 Å². The van der Waals surface area contributed by atoms with Crippen LogP contribution in [0.15, 0.2) is 24.3 Å². The highest BCUT2D eigenvalue weighted by Crippen LogP contribution is 2.45. The maximum absolute atomic E-state index is 13.1. The van der Waals surface area contributed by atoms with E-state index in [1.807, 2.05) is 0 Å². The molecule has 19 heteroatoms. The first-order valence-electron chi connectivity index (χ1n) is 41.6. The van der Waals surface area contributed by atoms with Crippen LogP contribution in [0.4, 0.5) is 0 Å². The first kappa shape index (κ1) is 97.5. The number of esters is 4. The van der Waals surface area contributed by atoms with Gasteiger partial charge in [-0.1, -0.05) is 360 Å². The Morgan fingerprint density at radius 2 is 0.480 bits per heavy atom. The number of rotatable bonds is 80. The normalized spacial score (nSPS) is 13.9. The zero-order valence-electron chi connectivity index (χ0n) is 64.7. The number of ether oxygens (including phenoxy) is 4. The molecule has 0 aliphatic rings. The fraction of sp³-hybridized carbons (Fsp3) is 0.901. The number of carbonyl (C=O) groups is 4. The molecule has 0 heterocycles. The molecule has 0 bridgehead atoms. The van der Waals surface area contributed by atoms with Gasteiger partial charge in [-0.25, -0.2) is 9.13 Å². The lowest BCUT2D eigenvalue weighted by atomic mass is 10.0. The van der Waals surface area contributed by atoms with Gasteiger partial charge in [0, 0.05) is 25.7 Å².